The number of nitrogens with one attached hydrogen (secondary N) is 1. The van der Waals surface area contributed by atoms with Gasteiger partial charge in [-0.2, -0.15) is 0 Å². The fraction of sp³-hybridized carbons (Fsp3) is 0.833. The van der Waals surface area contributed by atoms with Crippen LogP contribution in [0.3, 0.4) is 0 Å². The summed E-state index contributed by atoms with van der Waals surface area (Å²) in [5, 5.41) is 12.2. The maximum absolute atomic E-state index is 13.2. The van der Waals surface area contributed by atoms with Crippen LogP contribution in [0, 0.1) is 5.92 Å². The highest BCUT2D eigenvalue weighted by Gasteiger charge is 2.59. The van der Waals surface area contributed by atoms with E-state index in [9.17, 15) is 19.5 Å². The highest BCUT2D eigenvalue weighted by atomic mass is 16.7. The van der Waals surface area contributed by atoms with Crippen LogP contribution in [-0.4, -0.2) is 71.2 Å². The number of carboxylic acids is 1. The van der Waals surface area contributed by atoms with E-state index in [-0.39, 0.29) is 24.5 Å². The Hall–Kier alpha value is -1.87. The first-order valence-electron chi connectivity index (χ1n) is 9.27. The van der Waals surface area contributed by atoms with E-state index >= 15 is 0 Å². The van der Waals surface area contributed by atoms with Gasteiger partial charge < -0.3 is 29.5 Å². The lowest BCUT2D eigenvalue weighted by molar-refractivity contribution is -0.317. The molecule has 0 bridgehead atoms. The van der Waals surface area contributed by atoms with Crippen LogP contribution in [0.2, 0.25) is 0 Å². The van der Waals surface area contributed by atoms with Gasteiger partial charge in [0.2, 0.25) is 5.91 Å². The van der Waals surface area contributed by atoms with Crippen molar-refractivity contribution in [3.05, 3.63) is 0 Å². The third-order valence-corrected chi connectivity index (χ3v) is 5.26. The number of carbonyl (C=O) groups excluding carboxylic acids is 2. The van der Waals surface area contributed by atoms with Gasteiger partial charge in [-0.3, -0.25) is 4.79 Å². The van der Waals surface area contributed by atoms with Gasteiger partial charge in [0.1, 0.15) is 12.1 Å². The van der Waals surface area contributed by atoms with Gasteiger partial charge >= 0.3 is 12.1 Å². The van der Waals surface area contributed by atoms with Gasteiger partial charge in [0.15, 0.2) is 5.79 Å². The number of rotatable bonds is 4. The van der Waals surface area contributed by atoms with Crippen molar-refractivity contribution in [3.8, 4) is 0 Å². The van der Waals surface area contributed by atoms with Gasteiger partial charge in [0.25, 0.3) is 0 Å². The molecule has 2 aliphatic rings. The number of amides is 2. The normalized spacial score (nSPS) is 34.6. The van der Waals surface area contributed by atoms with Gasteiger partial charge in [0, 0.05) is 6.42 Å². The molecule has 2 rings (SSSR count). The van der Waals surface area contributed by atoms with Crippen molar-refractivity contribution in [3.63, 3.8) is 0 Å². The molecule has 9 nitrogen and oxygen atoms in total. The van der Waals surface area contributed by atoms with Crippen LogP contribution in [0.5, 0.6) is 0 Å². The average Bonchev–Trinajstić information content (AvgIpc) is 2.83. The maximum Gasteiger partial charge on any atom is 0.407 e. The van der Waals surface area contributed by atoms with E-state index in [1.165, 1.54) is 12.0 Å². The summed E-state index contributed by atoms with van der Waals surface area (Å²) >= 11 is 0. The monoisotopic (exact) mass is 386 g/mol. The van der Waals surface area contributed by atoms with Gasteiger partial charge in [0.05, 0.1) is 25.4 Å². The van der Waals surface area contributed by atoms with E-state index in [0.717, 1.165) is 0 Å². The topological polar surface area (TPSA) is 114 Å². The Balaban J connectivity index is 2.35. The molecule has 1 spiro atoms. The Morgan fingerprint density at radius 2 is 1.74 bits per heavy atom. The van der Waals surface area contributed by atoms with Gasteiger partial charge in [-0.15, -0.1) is 0 Å². The third kappa shape index (κ3) is 4.19. The zero-order valence-corrected chi connectivity index (χ0v) is 16.7. The van der Waals surface area contributed by atoms with Gasteiger partial charge in [-0.05, 0) is 33.1 Å². The largest absolute Gasteiger partial charge is 0.480 e. The first-order chi connectivity index (χ1) is 12.5. The molecule has 2 fully saturated rings. The lowest BCUT2D eigenvalue weighted by atomic mass is 10.0. The summed E-state index contributed by atoms with van der Waals surface area (Å²) in [6.07, 6.45) is -0.251. The molecule has 2 heterocycles. The number of methoxy groups -OCH3 is 1. The second-order valence-electron chi connectivity index (χ2n) is 7.74. The van der Waals surface area contributed by atoms with E-state index < -0.39 is 41.9 Å². The quantitative estimate of drug-likeness (QED) is 0.749. The van der Waals surface area contributed by atoms with Crippen molar-refractivity contribution in [2.45, 2.75) is 83.6 Å². The molecule has 0 aromatic carbocycles. The Morgan fingerprint density at radius 1 is 1.19 bits per heavy atom. The first kappa shape index (κ1) is 21.4. The molecule has 0 aliphatic carbocycles. The number of aliphatic carboxylic acids is 1. The molecule has 0 saturated carbocycles. The first-order valence-corrected chi connectivity index (χ1v) is 9.27. The number of carboxylic acid groups (broad SMARTS) is 1. The third-order valence-electron chi connectivity index (χ3n) is 5.26. The predicted octanol–water partition coefficient (Wildman–Crippen LogP) is 1.35. The minimum absolute atomic E-state index is 0.0347. The second-order valence-corrected chi connectivity index (χ2v) is 7.74. The molecule has 0 aromatic rings. The highest BCUT2D eigenvalue weighted by molar-refractivity contribution is 5.90. The van der Waals surface area contributed by atoms with Crippen LogP contribution >= 0.6 is 0 Å². The summed E-state index contributed by atoms with van der Waals surface area (Å²) in [6, 6.07) is -2.65. The summed E-state index contributed by atoms with van der Waals surface area (Å²) in [5.74, 6) is -3.07. The lowest BCUT2D eigenvalue weighted by Gasteiger charge is -2.44. The minimum Gasteiger partial charge on any atom is -0.480 e. The lowest BCUT2D eigenvalue weighted by Crippen LogP contribution is -2.59. The standard InChI is InChI=1S/C18H30N2O7/c1-9(2)14(19-17(24)25-6)15(21)20-12(5)18(8-13(20)16(22)23)26-10(3)7-11(4)27-18/h9-14H,7-8H2,1-6H3,(H,19,24)(H,22,23)/t10-,11-,12?,13-,14-/m0/s1. The van der Waals surface area contributed by atoms with Gasteiger partial charge in [-0.25, -0.2) is 9.59 Å². The van der Waals surface area contributed by atoms with Crippen molar-refractivity contribution in [2.75, 3.05) is 7.11 Å². The maximum atomic E-state index is 13.2. The number of hydrogen-bond donors (Lipinski definition) is 2. The molecule has 2 amide bonds. The molecule has 9 heteroatoms. The Kier molecular flexibility index (Phi) is 6.36. The average molecular weight is 386 g/mol. The number of carbonyl (C=O) groups is 3. The molecule has 2 aliphatic heterocycles. The van der Waals surface area contributed by atoms with Crippen LogP contribution in [0.4, 0.5) is 4.79 Å². The van der Waals surface area contributed by atoms with Crippen molar-refractivity contribution in [1.29, 1.82) is 0 Å². The van der Waals surface area contributed by atoms with Crippen molar-refractivity contribution < 1.29 is 33.7 Å². The summed E-state index contributed by atoms with van der Waals surface area (Å²) in [5.41, 5.74) is 0. The molecule has 1 unspecified atom stereocenters. The molecule has 0 radical (unpaired) electrons. The molecule has 0 aromatic heterocycles. The molecule has 2 saturated heterocycles. The van der Waals surface area contributed by atoms with Crippen molar-refractivity contribution >= 4 is 18.0 Å². The van der Waals surface area contributed by atoms with E-state index in [4.69, 9.17) is 9.47 Å². The molecule has 154 valence electrons. The summed E-state index contributed by atoms with van der Waals surface area (Å²) in [4.78, 5) is 38.1. The summed E-state index contributed by atoms with van der Waals surface area (Å²) in [6.45, 7) is 9.07. The number of hydrogen-bond acceptors (Lipinski definition) is 6. The second kappa shape index (κ2) is 8.02. The van der Waals surface area contributed by atoms with Crippen LogP contribution < -0.4 is 5.32 Å². The van der Waals surface area contributed by atoms with Crippen molar-refractivity contribution in [1.82, 2.24) is 10.2 Å². The SMILES string of the molecule is COC(=O)N[C@H](C(=O)N1C(C)C2(C[C@H]1C(=O)O)O[C@@H](C)C[C@H](C)O2)C(C)C. The molecule has 5 atom stereocenters. The molecular weight excluding hydrogens is 356 g/mol. The van der Waals surface area contributed by atoms with Crippen LogP contribution in [0.15, 0.2) is 0 Å². The predicted molar refractivity (Wildman–Crippen MR) is 95.0 cm³/mol. The van der Waals surface area contributed by atoms with Gasteiger partial charge in [-0.1, -0.05) is 13.8 Å². The zero-order valence-electron chi connectivity index (χ0n) is 16.7. The van der Waals surface area contributed by atoms with E-state index in [2.05, 4.69) is 10.1 Å². The summed E-state index contributed by atoms with van der Waals surface area (Å²) in [7, 11) is 1.21. The zero-order chi connectivity index (χ0) is 20.5. The van der Waals surface area contributed by atoms with E-state index in [1.54, 1.807) is 20.8 Å². The smallest absolute Gasteiger partial charge is 0.407 e. The van der Waals surface area contributed by atoms with Crippen LogP contribution in [0.25, 0.3) is 0 Å². The fourth-order valence-electron chi connectivity index (χ4n) is 4.00. The highest BCUT2D eigenvalue weighted by Crippen LogP contribution is 2.43. The Labute approximate surface area is 159 Å². The molecule has 2 N–H and O–H groups in total. The number of nitrogens with zero attached hydrogens (tertiary/aromatic N) is 1. The minimum atomic E-state index is -1.18. The van der Waals surface area contributed by atoms with Crippen molar-refractivity contribution in [2.24, 2.45) is 5.92 Å². The number of likely N-dealkylation sites (tertiary alicyclic amines) is 1. The van der Waals surface area contributed by atoms with Crippen LogP contribution in [0.1, 0.15) is 47.5 Å². The number of ether oxygens (including phenoxy) is 3. The Bertz CT molecular complexity index is 584. The van der Waals surface area contributed by atoms with E-state index in [0.29, 0.717) is 6.42 Å². The molecular formula is C18H30N2O7. The van der Waals surface area contributed by atoms with E-state index in [1.807, 2.05) is 13.8 Å². The summed E-state index contributed by atoms with van der Waals surface area (Å²) < 4.78 is 16.7. The Morgan fingerprint density at radius 3 is 2.19 bits per heavy atom. The fourth-order valence-corrected chi connectivity index (χ4v) is 4.00. The number of alkyl carbamates (subject to hydrolysis) is 1. The van der Waals surface area contributed by atoms with Crippen LogP contribution in [-0.2, 0) is 23.8 Å². The molecule has 27 heavy (non-hydrogen) atoms.